The maximum absolute atomic E-state index is 13.0. The number of halogens is 3. The molecule has 0 spiro atoms. The summed E-state index contributed by atoms with van der Waals surface area (Å²) in [7, 11) is 0. The first-order chi connectivity index (χ1) is 12.9. The lowest BCUT2D eigenvalue weighted by Crippen LogP contribution is -2.31. The molecule has 27 heavy (non-hydrogen) atoms. The van der Waals surface area contributed by atoms with Crippen molar-refractivity contribution in [2.24, 2.45) is 0 Å². The van der Waals surface area contributed by atoms with Gasteiger partial charge >= 0.3 is 6.18 Å². The highest BCUT2D eigenvalue weighted by molar-refractivity contribution is 7.99. The molecule has 2 aromatic carbocycles. The van der Waals surface area contributed by atoms with Crippen LogP contribution in [0.15, 0.2) is 46.2 Å². The topological polar surface area (TPSA) is 27.3 Å². The Kier molecular flexibility index (Phi) is 6.34. The monoisotopic (exact) mass is 395 g/mol. The van der Waals surface area contributed by atoms with Crippen LogP contribution in [0.2, 0.25) is 0 Å². The standard InChI is InChI=1S/C20H24F3N3S/c1-3-26(4-2)11-10-24-13-14-6-5-7-18-19(14)25-16-12-15(20(21,22)23)8-9-17(16)27-18/h5-9,12,24-25H,3-4,10-11,13H2,1-2H3. The van der Waals surface area contributed by atoms with Crippen LogP contribution in [0, 0.1) is 0 Å². The van der Waals surface area contributed by atoms with Crippen LogP contribution in [0.1, 0.15) is 25.0 Å². The summed E-state index contributed by atoms with van der Waals surface area (Å²) < 4.78 is 39.0. The normalized spacial score (nSPS) is 13.3. The van der Waals surface area contributed by atoms with E-state index in [1.165, 1.54) is 23.9 Å². The summed E-state index contributed by atoms with van der Waals surface area (Å²) in [6.45, 7) is 8.85. The number of nitrogens with zero attached hydrogens (tertiary/aromatic N) is 1. The molecule has 1 heterocycles. The zero-order valence-corrected chi connectivity index (χ0v) is 16.3. The van der Waals surface area contributed by atoms with E-state index in [2.05, 4.69) is 29.4 Å². The SMILES string of the molecule is CCN(CC)CCNCc1cccc2c1Nc1cc(C(F)(F)F)ccc1S2. The molecule has 2 aromatic rings. The van der Waals surface area contributed by atoms with E-state index in [9.17, 15) is 13.2 Å². The molecule has 1 aliphatic rings. The quantitative estimate of drug-likeness (QED) is 0.528. The summed E-state index contributed by atoms with van der Waals surface area (Å²) in [5.74, 6) is 0. The molecule has 0 atom stereocenters. The predicted octanol–water partition coefficient (Wildman–Crippen LogP) is 5.35. The zero-order chi connectivity index (χ0) is 19.4. The van der Waals surface area contributed by atoms with Crippen LogP contribution >= 0.6 is 11.8 Å². The van der Waals surface area contributed by atoms with Crippen molar-refractivity contribution < 1.29 is 13.2 Å². The summed E-state index contributed by atoms with van der Waals surface area (Å²) >= 11 is 1.50. The van der Waals surface area contributed by atoms with Crippen molar-refractivity contribution in [3.8, 4) is 0 Å². The average molecular weight is 395 g/mol. The van der Waals surface area contributed by atoms with Crippen molar-refractivity contribution in [1.29, 1.82) is 0 Å². The number of alkyl halides is 3. The van der Waals surface area contributed by atoms with E-state index in [0.717, 1.165) is 53.3 Å². The van der Waals surface area contributed by atoms with Crippen molar-refractivity contribution in [2.75, 3.05) is 31.5 Å². The van der Waals surface area contributed by atoms with Gasteiger partial charge in [-0.3, -0.25) is 0 Å². The number of rotatable bonds is 7. The molecule has 0 saturated heterocycles. The first kappa shape index (κ1) is 20.0. The van der Waals surface area contributed by atoms with Gasteiger partial charge in [-0.2, -0.15) is 13.2 Å². The lowest BCUT2D eigenvalue weighted by molar-refractivity contribution is -0.137. The number of likely N-dealkylation sites (N-methyl/N-ethyl adjacent to an activating group) is 1. The minimum absolute atomic E-state index is 0.512. The Morgan fingerprint density at radius 1 is 1.07 bits per heavy atom. The fourth-order valence-electron chi connectivity index (χ4n) is 3.10. The van der Waals surface area contributed by atoms with Crippen LogP contribution in [0.5, 0.6) is 0 Å². The van der Waals surface area contributed by atoms with E-state index in [1.54, 1.807) is 0 Å². The van der Waals surface area contributed by atoms with Gasteiger partial charge in [0.05, 0.1) is 16.9 Å². The van der Waals surface area contributed by atoms with Crippen LogP contribution in [-0.4, -0.2) is 31.1 Å². The molecule has 0 unspecified atom stereocenters. The molecule has 0 saturated carbocycles. The van der Waals surface area contributed by atoms with Crippen molar-refractivity contribution in [3.05, 3.63) is 47.5 Å². The number of para-hydroxylation sites is 1. The first-order valence-electron chi connectivity index (χ1n) is 9.13. The lowest BCUT2D eigenvalue weighted by Gasteiger charge is -2.24. The molecule has 7 heteroatoms. The Labute approximate surface area is 162 Å². The van der Waals surface area contributed by atoms with Gasteiger partial charge < -0.3 is 15.5 Å². The molecule has 3 rings (SSSR count). The zero-order valence-electron chi connectivity index (χ0n) is 15.5. The Morgan fingerprint density at radius 2 is 1.85 bits per heavy atom. The summed E-state index contributed by atoms with van der Waals surface area (Å²) in [5, 5.41) is 6.66. The van der Waals surface area contributed by atoms with Gasteiger partial charge in [0.15, 0.2) is 0 Å². The number of hydrogen-bond donors (Lipinski definition) is 2. The maximum Gasteiger partial charge on any atom is 0.416 e. The molecule has 1 aliphatic heterocycles. The lowest BCUT2D eigenvalue weighted by atomic mass is 10.1. The smallest absolute Gasteiger partial charge is 0.353 e. The van der Waals surface area contributed by atoms with E-state index in [4.69, 9.17) is 0 Å². The van der Waals surface area contributed by atoms with E-state index in [0.29, 0.717) is 12.2 Å². The summed E-state index contributed by atoms with van der Waals surface area (Å²) in [5.41, 5.74) is 1.83. The molecular formula is C20H24F3N3S. The van der Waals surface area contributed by atoms with Crippen LogP contribution in [-0.2, 0) is 12.7 Å². The molecule has 0 radical (unpaired) electrons. The van der Waals surface area contributed by atoms with Crippen LogP contribution in [0.4, 0.5) is 24.5 Å². The van der Waals surface area contributed by atoms with Crippen LogP contribution in [0.3, 0.4) is 0 Å². The average Bonchev–Trinajstić information content (AvgIpc) is 2.65. The highest BCUT2D eigenvalue weighted by Gasteiger charge is 2.32. The molecule has 0 aliphatic carbocycles. The van der Waals surface area contributed by atoms with Gasteiger partial charge in [0.25, 0.3) is 0 Å². The largest absolute Gasteiger partial charge is 0.416 e. The fraction of sp³-hybridized carbons (Fsp3) is 0.400. The molecule has 0 aromatic heterocycles. The fourth-order valence-corrected chi connectivity index (χ4v) is 4.12. The van der Waals surface area contributed by atoms with Crippen molar-refractivity contribution in [3.63, 3.8) is 0 Å². The Morgan fingerprint density at radius 3 is 2.56 bits per heavy atom. The summed E-state index contributed by atoms with van der Waals surface area (Å²) in [6.07, 6.45) is -4.34. The molecule has 3 nitrogen and oxygen atoms in total. The van der Waals surface area contributed by atoms with Crippen LogP contribution < -0.4 is 10.6 Å². The van der Waals surface area contributed by atoms with E-state index < -0.39 is 11.7 Å². The highest BCUT2D eigenvalue weighted by atomic mass is 32.2. The van der Waals surface area contributed by atoms with Gasteiger partial charge in [0.1, 0.15) is 0 Å². The van der Waals surface area contributed by atoms with Crippen molar-refractivity contribution in [2.45, 2.75) is 36.4 Å². The minimum atomic E-state index is -4.34. The number of benzene rings is 2. The third kappa shape index (κ3) is 4.78. The van der Waals surface area contributed by atoms with Crippen molar-refractivity contribution in [1.82, 2.24) is 10.2 Å². The molecule has 0 bridgehead atoms. The minimum Gasteiger partial charge on any atom is -0.353 e. The molecule has 146 valence electrons. The second-order valence-electron chi connectivity index (χ2n) is 6.43. The first-order valence-corrected chi connectivity index (χ1v) is 9.95. The van der Waals surface area contributed by atoms with Gasteiger partial charge in [-0.1, -0.05) is 37.7 Å². The van der Waals surface area contributed by atoms with Gasteiger partial charge in [0.2, 0.25) is 0 Å². The van der Waals surface area contributed by atoms with Crippen LogP contribution in [0.25, 0.3) is 0 Å². The summed E-state index contributed by atoms with van der Waals surface area (Å²) in [6, 6.07) is 9.85. The van der Waals surface area contributed by atoms with E-state index in [1.807, 2.05) is 18.2 Å². The van der Waals surface area contributed by atoms with Gasteiger partial charge in [-0.15, -0.1) is 0 Å². The Hall–Kier alpha value is -1.70. The van der Waals surface area contributed by atoms with Crippen molar-refractivity contribution >= 4 is 23.1 Å². The third-order valence-corrected chi connectivity index (χ3v) is 5.85. The van der Waals surface area contributed by atoms with Gasteiger partial charge in [-0.05, 0) is 42.9 Å². The molecule has 0 fully saturated rings. The number of anilines is 2. The Bertz CT molecular complexity index is 789. The Balaban J connectivity index is 1.72. The molecular weight excluding hydrogens is 371 g/mol. The predicted molar refractivity (Wildman–Crippen MR) is 105 cm³/mol. The number of fused-ring (bicyclic) bond motifs is 2. The molecule has 2 N–H and O–H groups in total. The second-order valence-corrected chi connectivity index (χ2v) is 7.51. The van der Waals surface area contributed by atoms with Gasteiger partial charge in [0, 0.05) is 29.4 Å². The van der Waals surface area contributed by atoms with Gasteiger partial charge in [-0.25, -0.2) is 0 Å². The third-order valence-electron chi connectivity index (χ3n) is 4.71. The number of nitrogens with one attached hydrogen (secondary N) is 2. The van der Waals surface area contributed by atoms with E-state index >= 15 is 0 Å². The summed E-state index contributed by atoms with van der Waals surface area (Å²) in [4.78, 5) is 4.18. The van der Waals surface area contributed by atoms with E-state index in [-0.39, 0.29) is 0 Å². The highest BCUT2D eigenvalue weighted by Crippen LogP contribution is 2.47. The second kappa shape index (κ2) is 8.54. The molecule has 0 amide bonds. The maximum atomic E-state index is 13.0. The number of hydrogen-bond acceptors (Lipinski definition) is 4.